The van der Waals surface area contributed by atoms with E-state index in [9.17, 15) is 19.2 Å². The van der Waals surface area contributed by atoms with Gasteiger partial charge in [0.1, 0.15) is 12.1 Å². The molecule has 0 aromatic heterocycles. The smallest absolute Gasteiger partial charge is 0.326 e. The van der Waals surface area contributed by atoms with E-state index in [-0.39, 0.29) is 0 Å². The number of imide groups is 1. The highest BCUT2D eigenvalue weighted by atomic mass is 35.5. The molecule has 0 unspecified atom stereocenters. The maximum absolute atomic E-state index is 12.5. The van der Waals surface area contributed by atoms with Crippen LogP contribution >= 0.6 is 11.6 Å². The summed E-state index contributed by atoms with van der Waals surface area (Å²) in [6.07, 6.45) is 1.24. The molecule has 1 fully saturated rings. The Bertz CT molecular complexity index is 747. The van der Waals surface area contributed by atoms with E-state index in [1.807, 2.05) is 13.8 Å². The van der Waals surface area contributed by atoms with Crippen molar-refractivity contribution in [2.24, 2.45) is 5.92 Å². The van der Waals surface area contributed by atoms with E-state index < -0.39 is 42.4 Å². The predicted molar refractivity (Wildman–Crippen MR) is 99.5 cm³/mol. The Hall–Kier alpha value is -2.41. The van der Waals surface area contributed by atoms with E-state index in [0.717, 1.165) is 11.3 Å². The molecule has 0 spiro atoms. The summed E-state index contributed by atoms with van der Waals surface area (Å²) >= 11 is 5.76. The number of amides is 3. The molecule has 1 aromatic carbocycles. The number of urea groups is 1. The molecule has 1 aromatic rings. The largest absolute Gasteiger partial charge is 0.456 e. The van der Waals surface area contributed by atoms with Gasteiger partial charge in [0.25, 0.3) is 5.91 Å². The Morgan fingerprint density at radius 2 is 1.85 bits per heavy atom. The lowest BCUT2D eigenvalue weighted by Crippen LogP contribution is -2.44. The number of halogens is 1. The number of rotatable bonds is 8. The van der Waals surface area contributed by atoms with Crippen molar-refractivity contribution in [3.8, 4) is 0 Å². The van der Waals surface area contributed by atoms with Crippen LogP contribution in [0.2, 0.25) is 5.02 Å². The Morgan fingerprint density at radius 3 is 2.44 bits per heavy atom. The van der Waals surface area contributed by atoms with Crippen LogP contribution in [0.3, 0.4) is 0 Å². The Morgan fingerprint density at radius 1 is 1.22 bits per heavy atom. The molecule has 3 amide bonds. The van der Waals surface area contributed by atoms with E-state index in [2.05, 4.69) is 5.32 Å². The standard InChI is InChI=1S/C19H23ClN2O5/c1-12(2)8-9-19(3)17(25)22(18(26)21-19)10-16(24)27-11-15(23)13-4-6-14(20)7-5-13/h4-7,12H,8-11H2,1-3H3,(H,21,26)/t19-/m0/s1. The molecule has 0 bridgehead atoms. The second-order valence-electron chi connectivity index (χ2n) is 7.18. The minimum absolute atomic E-state index is 0.350. The van der Waals surface area contributed by atoms with E-state index in [1.54, 1.807) is 19.1 Å². The van der Waals surface area contributed by atoms with Crippen molar-refractivity contribution >= 4 is 35.3 Å². The average Bonchev–Trinajstić information content (AvgIpc) is 2.82. The van der Waals surface area contributed by atoms with Crippen molar-refractivity contribution in [2.45, 2.75) is 39.2 Å². The second-order valence-corrected chi connectivity index (χ2v) is 7.61. The zero-order valence-corrected chi connectivity index (χ0v) is 16.3. The van der Waals surface area contributed by atoms with Gasteiger partial charge in [0.2, 0.25) is 0 Å². The zero-order chi connectivity index (χ0) is 20.2. The Labute approximate surface area is 163 Å². The number of esters is 1. The van der Waals surface area contributed by atoms with Crippen LogP contribution in [0.15, 0.2) is 24.3 Å². The summed E-state index contributed by atoms with van der Waals surface area (Å²) in [5, 5.41) is 3.13. The molecule has 1 aliphatic heterocycles. The minimum Gasteiger partial charge on any atom is -0.456 e. The molecule has 2 rings (SSSR count). The van der Waals surface area contributed by atoms with Gasteiger partial charge in [-0.3, -0.25) is 19.3 Å². The first-order chi connectivity index (χ1) is 12.6. The molecule has 146 valence electrons. The predicted octanol–water partition coefficient (Wildman–Crippen LogP) is 2.81. The molecule has 1 heterocycles. The van der Waals surface area contributed by atoms with Gasteiger partial charge in [-0.05, 0) is 49.9 Å². The number of hydrogen-bond acceptors (Lipinski definition) is 5. The summed E-state index contributed by atoms with van der Waals surface area (Å²) in [5.74, 6) is -1.31. The third kappa shape index (κ3) is 5.29. The van der Waals surface area contributed by atoms with Crippen LogP contribution in [0, 0.1) is 5.92 Å². The highest BCUT2D eigenvalue weighted by Crippen LogP contribution is 2.24. The number of carbonyl (C=O) groups excluding carboxylic acids is 4. The van der Waals surface area contributed by atoms with Crippen LogP contribution in [0.4, 0.5) is 4.79 Å². The van der Waals surface area contributed by atoms with Gasteiger partial charge in [0.15, 0.2) is 12.4 Å². The molecule has 1 N–H and O–H groups in total. The average molecular weight is 395 g/mol. The molecule has 0 saturated carbocycles. The molecule has 1 atom stereocenters. The summed E-state index contributed by atoms with van der Waals surface area (Å²) in [6, 6.07) is 5.53. The van der Waals surface area contributed by atoms with Crippen LogP contribution in [0.5, 0.6) is 0 Å². The van der Waals surface area contributed by atoms with E-state index >= 15 is 0 Å². The Balaban J connectivity index is 1.89. The molecule has 8 heteroatoms. The lowest BCUT2D eigenvalue weighted by molar-refractivity contribution is -0.146. The summed E-state index contributed by atoms with van der Waals surface area (Å²) in [7, 11) is 0. The van der Waals surface area contributed by atoms with Gasteiger partial charge in [-0.1, -0.05) is 25.4 Å². The third-order valence-electron chi connectivity index (χ3n) is 4.38. The van der Waals surface area contributed by atoms with Gasteiger partial charge in [-0.15, -0.1) is 0 Å². The van der Waals surface area contributed by atoms with Crippen molar-refractivity contribution in [2.75, 3.05) is 13.2 Å². The molecular formula is C19H23ClN2O5. The molecule has 0 radical (unpaired) electrons. The van der Waals surface area contributed by atoms with Gasteiger partial charge in [0, 0.05) is 10.6 Å². The fraction of sp³-hybridized carbons (Fsp3) is 0.474. The minimum atomic E-state index is -1.03. The number of hydrogen-bond donors (Lipinski definition) is 1. The summed E-state index contributed by atoms with van der Waals surface area (Å²) < 4.78 is 4.92. The van der Waals surface area contributed by atoms with Crippen LogP contribution in [-0.4, -0.2) is 47.3 Å². The van der Waals surface area contributed by atoms with Gasteiger partial charge in [0.05, 0.1) is 0 Å². The molecular weight excluding hydrogens is 372 g/mol. The topological polar surface area (TPSA) is 92.8 Å². The number of carbonyl (C=O) groups is 4. The van der Waals surface area contributed by atoms with Crippen molar-refractivity contribution in [3.05, 3.63) is 34.9 Å². The summed E-state index contributed by atoms with van der Waals surface area (Å²) in [4.78, 5) is 49.4. The van der Waals surface area contributed by atoms with Crippen LogP contribution in [-0.2, 0) is 14.3 Å². The summed E-state index contributed by atoms with van der Waals surface area (Å²) in [6.45, 7) is 4.68. The molecule has 7 nitrogen and oxygen atoms in total. The van der Waals surface area contributed by atoms with E-state index in [0.29, 0.717) is 22.9 Å². The number of Topliss-reactive ketones (excluding diaryl/α,β-unsaturated/α-hetero) is 1. The SMILES string of the molecule is CC(C)CC[C@]1(C)NC(=O)N(CC(=O)OCC(=O)c2ccc(Cl)cc2)C1=O. The highest BCUT2D eigenvalue weighted by molar-refractivity contribution is 6.30. The lowest BCUT2D eigenvalue weighted by atomic mass is 9.92. The van der Waals surface area contributed by atoms with E-state index in [1.165, 1.54) is 12.1 Å². The van der Waals surface area contributed by atoms with Crippen molar-refractivity contribution in [3.63, 3.8) is 0 Å². The number of nitrogens with one attached hydrogen (secondary N) is 1. The fourth-order valence-corrected chi connectivity index (χ4v) is 2.80. The number of ketones is 1. The Kier molecular flexibility index (Phi) is 6.59. The lowest BCUT2D eigenvalue weighted by Gasteiger charge is -2.22. The second kappa shape index (κ2) is 8.52. The van der Waals surface area contributed by atoms with E-state index in [4.69, 9.17) is 16.3 Å². The first kappa shape index (κ1) is 20.9. The van der Waals surface area contributed by atoms with Gasteiger partial charge >= 0.3 is 12.0 Å². The fourth-order valence-electron chi connectivity index (χ4n) is 2.68. The van der Waals surface area contributed by atoms with Gasteiger partial charge in [-0.2, -0.15) is 0 Å². The third-order valence-corrected chi connectivity index (χ3v) is 4.64. The highest BCUT2D eigenvalue weighted by Gasteiger charge is 2.48. The molecule has 1 saturated heterocycles. The van der Waals surface area contributed by atoms with Crippen molar-refractivity contribution in [1.82, 2.24) is 10.2 Å². The maximum Gasteiger partial charge on any atom is 0.326 e. The van der Waals surface area contributed by atoms with Crippen LogP contribution < -0.4 is 5.32 Å². The van der Waals surface area contributed by atoms with Crippen molar-refractivity contribution < 1.29 is 23.9 Å². The number of benzene rings is 1. The zero-order valence-electron chi connectivity index (χ0n) is 15.6. The number of nitrogens with zero attached hydrogens (tertiary/aromatic N) is 1. The molecule has 1 aliphatic rings. The van der Waals surface area contributed by atoms with Gasteiger partial charge in [-0.25, -0.2) is 4.79 Å². The molecule has 0 aliphatic carbocycles. The first-order valence-corrected chi connectivity index (χ1v) is 9.08. The van der Waals surface area contributed by atoms with Crippen LogP contribution in [0.1, 0.15) is 44.0 Å². The normalized spacial score (nSPS) is 19.4. The number of ether oxygens (including phenoxy) is 1. The van der Waals surface area contributed by atoms with Crippen molar-refractivity contribution in [1.29, 1.82) is 0 Å². The summed E-state index contributed by atoms with van der Waals surface area (Å²) in [5.41, 5.74) is -0.677. The van der Waals surface area contributed by atoms with Gasteiger partial charge < -0.3 is 10.1 Å². The first-order valence-electron chi connectivity index (χ1n) is 8.71. The quantitative estimate of drug-likeness (QED) is 0.415. The maximum atomic E-state index is 12.5. The van der Waals surface area contributed by atoms with Crippen LogP contribution in [0.25, 0.3) is 0 Å². The molecule has 27 heavy (non-hydrogen) atoms. The monoisotopic (exact) mass is 394 g/mol.